The maximum atomic E-state index is 13.7. The molecule has 2 fully saturated rings. The van der Waals surface area contributed by atoms with Crippen LogP contribution in [0.4, 0.5) is 0 Å². The Morgan fingerprint density at radius 1 is 1.03 bits per heavy atom. The summed E-state index contributed by atoms with van der Waals surface area (Å²) in [5.74, 6) is 1.50. The zero-order valence-corrected chi connectivity index (χ0v) is 21.1. The van der Waals surface area contributed by atoms with Crippen LogP contribution in [0.2, 0.25) is 0 Å². The van der Waals surface area contributed by atoms with E-state index in [9.17, 15) is 4.79 Å². The highest BCUT2D eigenvalue weighted by molar-refractivity contribution is 6.00. The summed E-state index contributed by atoms with van der Waals surface area (Å²) in [6.07, 6.45) is 5.23. The number of ether oxygens (including phenoxy) is 2. The Morgan fingerprint density at radius 3 is 2.56 bits per heavy atom. The summed E-state index contributed by atoms with van der Waals surface area (Å²) in [5, 5.41) is 4.86. The quantitative estimate of drug-likeness (QED) is 0.476. The molecule has 0 spiro atoms. The molecule has 2 aliphatic rings. The zero-order chi connectivity index (χ0) is 24.7. The van der Waals surface area contributed by atoms with Crippen LogP contribution >= 0.6 is 0 Å². The number of carbonyl (C=O) groups excluding carboxylic acids is 1. The molecule has 36 heavy (non-hydrogen) atoms. The van der Waals surface area contributed by atoms with Crippen molar-refractivity contribution in [2.24, 2.45) is 5.92 Å². The highest BCUT2D eigenvalue weighted by Gasteiger charge is 2.28. The van der Waals surface area contributed by atoms with Gasteiger partial charge in [-0.2, -0.15) is 5.10 Å². The fraction of sp³-hybridized carbons (Fsp3) is 0.448. The average molecular weight is 489 g/mol. The predicted molar refractivity (Wildman–Crippen MR) is 140 cm³/mol. The monoisotopic (exact) mass is 488 g/mol. The summed E-state index contributed by atoms with van der Waals surface area (Å²) in [4.78, 5) is 18.3. The van der Waals surface area contributed by atoms with Crippen LogP contribution in [0.3, 0.4) is 0 Å². The van der Waals surface area contributed by atoms with Gasteiger partial charge in [0, 0.05) is 37.9 Å². The molecular formula is C29H36N4O3. The summed E-state index contributed by atoms with van der Waals surface area (Å²) in [5.41, 5.74) is 3.41. The van der Waals surface area contributed by atoms with Crippen molar-refractivity contribution in [2.45, 2.75) is 25.8 Å². The highest BCUT2D eigenvalue weighted by Crippen LogP contribution is 2.29. The molecule has 7 heteroatoms. The Morgan fingerprint density at radius 2 is 1.81 bits per heavy atom. The Bertz CT molecular complexity index is 1130. The summed E-state index contributed by atoms with van der Waals surface area (Å²) >= 11 is 0. The van der Waals surface area contributed by atoms with E-state index in [1.165, 1.54) is 6.42 Å². The molecule has 0 aliphatic carbocycles. The molecule has 5 rings (SSSR count). The standard InChI is InChI=1S/C29H36N4O3/c1-35-26-9-5-8-25(20-26)28-27(22-33(30-28)21-24-6-3-2-4-7-24)29(34)32-14-11-23(12-15-32)10-13-31-16-18-36-19-17-31/h2-9,20,22-23H,10-19,21H2,1H3. The summed E-state index contributed by atoms with van der Waals surface area (Å²) in [7, 11) is 1.66. The lowest BCUT2D eigenvalue weighted by molar-refractivity contribution is 0.0332. The van der Waals surface area contributed by atoms with E-state index in [0.29, 0.717) is 23.7 Å². The van der Waals surface area contributed by atoms with Crippen molar-refractivity contribution in [3.8, 4) is 17.0 Å². The van der Waals surface area contributed by atoms with Gasteiger partial charge in [0.2, 0.25) is 0 Å². The van der Waals surface area contributed by atoms with Crippen molar-refractivity contribution in [1.82, 2.24) is 19.6 Å². The van der Waals surface area contributed by atoms with Gasteiger partial charge in [-0.3, -0.25) is 14.4 Å². The van der Waals surface area contributed by atoms with Crippen LogP contribution < -0.4 is 4.74 Å². The van der Waals surface area contributed by atoms with Crippen molar-refractivity contribution in [3.05, 3.63) is 71.9 Å². The molecule has 3 aromatic rings. The van der Waals surface area contributed by atoms with Crippen LogP contribution in [0.15, 0.2) is 60.8 Å². The Kier molecular flexibility index (Phi) is 7.98. The average Bonchev–Trinajstić information content (AvgIpc) is 3.36. The number of hydrogen-bond acceptors (Lipinski definition) is 5. The van der Waals surface area contributed by atoms with Gasteiger partial charge in [-0.1, -0.05) is 42.5 Å². The molecule has 1 aromatic heterocycles. The number of benzene rings is 2. The van der Waals surface area contributed by atoms with Crippen LogP contribution in [-0.2, 0) is 11.3 Å². The van der Waals surface area contributed by atoms with E-state index in [1.807, 2.05) is 58.2 Å². The molecule has 0 bridgehead atoms. The SMILES string of the molecule is COc1cccc(-c2nn(Cc3ccccc3)cc2C(=O)N2CCC(CCN3CCOCC3)CC2)c1. The third-order valence-corrected chi connectivity index (χ3v) is 7.38. The first-order valence-corrected chi connectivity index (χ1v) is 13.0. The fourth-order valence-electron chi connectivity index (χ4n) is 5.20. The van der Waals surface area contributed by atoms with Gasteiger partial charge in [-0.05, 0) is 49.4 Å². The van der Waals surface area contributed by atoms with Gasteiger partial charge in [0.25, 0.3) is 5.91 Å². The lowest BCUT2D eigenvalue weighted by Crippen LogP contribution is -2.40. The molecule has 7 nitrogen and oxygen atoms in total. The number of aromatic nitrogens is 2. The number of piperidine rings is 1. The van der Waals surface area contributed by atoms with Crippen molar-refractivity contribution >= 4 is 5.91 Å². The van der Waals surface area contributed by atoms with Crippen molar-refractivity contribution in [2.75, 3.05) is 53.0 Å². The Balaban J connectivity index is 1.29. The van der Waals surface area contributed by atoms with E-state index in [1.54, 1.807) is 7.11 Å². The molecule has 0 N–H and O–H groups in total. The largest absolute Gasteiger partial charge is 0.497 e. The minimum Gasteiger partial charge on any atom is -0.497 e. The van der Waals surface area contributed by atoms with Gasteiger partial charge in [0.15, 0.2) is 0 Å². The van der Waals surface area contributed by atoms with E-state index in [0.717, 1.165) is 75.7 Å². The molecule has 0 radical (unpaired) electrons. The second-order valence-electron chi connectivity index (χ2n) is 9.78. The Labute approximate surface area is 213 Å². The normalized spacial score (nSPS) is 17.3. The van der Waals surface area contributed by atoms with Crippen molar-refractivity contribution in [3.63, 3.8) is 0 Å². The smallest absolute Gasteiger partial charge is 0.257 e. The number of likely N-dealkylation sites (tertiary alicyclic amines) is 1. The molecule has 0 unspecified atom stereocenters. The molecule has 2 saturated heterocycles. The first-order chi connectivity index (χ1) is 17.7. The lowest BCUT2D eigenvalue weighted by atomic mass is 9.92. The van der Waals surface area contributed by atoms with E-state index in [4.69, 9.17) is 14.6 Å². The highest BCUT2D eigenvalue weighted by atomic mass is 16.5. The van der Waals surface area contributed by atoms with Crippen LogP contribution in [0.5, 0.6) is 5.75 Å². The summed E-state index contributed by atoms with van der Waals surface area (Å²) < 4.78 is 12.8. The third kappa shape index (κ3) is 5.97. The summed E-state index contributed by atoms with van der Waals surface area (Å²) in [6, 6.07) is 18.0. The van der Waals surface area contributed by atoms with E-state index in [-0.39, 0.29) is 5.91 Å². The van der Waals surface area contributed by atoms with E-state index >= 15 is 0 Å². The van der Waals surface area contributed by atoms with Gasteiger partial charge in [-0.25, -0.2) is 0 Å². The van der Waals surface area contributed by atoms with Crippen LogP contribution in [0, 0.1) is 5.92 Å². The molecule has 0 atom stereocenters. The van der Waals surface area contributed by atoms with Crippen LogP contribution in [-0.4, -0.2) is 78.5 Å². The first kappa shape index (κ1) is 24.5. The number of hydrogen-bond donors (Lipinski definition) is 0. The molecule has 3 heterocycles. The molecule has 2 aromatic carbocycles. The van der Waals surface area contributed by atoms with E-state index in [2.05, 4.69) is 17.0 Å². The molecule has 0 saturated carbocycles. The number of carbonyl (C=O) groups is 1. The van der Waals surface area contributed by atoms with Crippen molar-refractivity contribution in [1.29, 1.82) is 0 Å². The third-order valence-electron chi connectivity index (χ3n) is 7.38. The lowest BCUT2D eigenvalue weighted by Gasteiger charge is -2.34. The minimum atomic E-state index is 0.0683. The molecular weight excluding hydrogens is 452 g/mol. The first-order valence-electron chi connectivity index (χ1n) is 13.0. The summed E-state index contributed by atoms with van der Waals surface area (Å²) in [6.45, 7) is 7.13. The molecule has 190 valence electrons. The Hall–Kier alpha value is -3.16. The second kappa shape index (κ2) is 11.7. The van der Waals surface area contributed by atoms with Gasteiger partial charge >= 0.3 is 0 Å². The van der Waals surface area contributed by atoms with Gasteiger partial charge in [0.1, 0.15) is 11.4 Å². The zero-order valence-electron chi connectivity index (χ0n) is 21.1. The number of methoxy groups -OCH3 is 1. The van der Waals surface area contributed by atoms with Crippen LogP contribution in [0.25, 0.3) is 11.3 Å². The minimum absolute atomic E-state index is 0.0683. The van der Waals surface area contributed by atoms with Crippen LogP contribution in [0.1, 0.15) is 35.2 Å². The van der Waals surface area contributed by atoms with Crippen molar-refractivity contribution < 1.29 is 14.3 Å². The van der Waals surface area contributed by atoms with Gasteiger partial charge in [-0.15, -0.1) is 0 Å². The maximum absolute atomic E-state index is 13.7. The maximum Gasteiger partial charge on any atom is 0.257 e. The van der Waals surface area contributed by atoms with Gasteiger partial charge in [0.05, 0.1) is 32.4 Å². The number of amides is 1. The molecule has 2 aliphatic heterocycles. The second-order valence-corrected chi connectivity index (χ2v) is 9.78. The molecule has 1 amide bonds. The number of nitrogens with zero attached hydrogens (tertiary/aromatic N) is 4. The number of rotatable bonds is 8. The van der Waals surface area contributed by atoms with Gasteiger partial charge < -0.3 is 14.4 Å². The van der Waals surface area contributed by atoms with E-state index < -0.39 is 0 Å². The number of morpholine rings is 1. The topological polar surface area (TPSA) is 59.8 Å². The predicted octanol–water partition coefficient (Wildman–Crippen LogP) is 4.18. The fourth-order valence-corrected chi connectivity index (χ4v) is 5.20.